The number of amides is 1. The van der Waals surface area contributed by atoms with Crippen LogP contribution in [-0.4, -0.2) is 48.1 Å². The highest BCUT2D eigenvalue weighted by molar-refractivity contribution is 8.42. The average molecular weight is 539 g/mol. The zero-order chi connectivity index (χ0) is 24.6. The van der Waals surface area contributed by atoms with Crippen LogP contribution in [0.25, 0.3) is 6.08 Å². The molecule has 2 aliphatic rings. The van der Waals surface area contributed by atoms with E-state index < -0.39 is 15.7 Å². The number of carbonyl (C=O) groups excluding carboxylic acids is 1. The summed E-state index contributed by atoms with van der Waals surface area (Å²) in [7, 11) is -2.13. The second kappa shape index (κ2) is 9.41. The number of fused-ring (bicyclic) bond motifs is 1. The molecule has 34 heavy (non-hydrogen) atoms. The normalized spacial score (nSPS) is 16.9. The summed E-state index contributed by atoms with van der Waals surface area (Å²) in [6.07, 6.45) is 2.45. The van der Waals surface area contributed by atoms with E-state index >= 15 is 0 Å². The van der Waals surface area contributed by atoms with Gasteiger partial charge in [-0.05, 0) is 47.7 Å². The molecule has 1 amide bonds. The van der Waals surface area contributed by atoms with Gasteiger partial charge in [-0.3, -0.25) is 10.2 Å². The molecule has 2 heterocycles. The summed E-state index contributed by atoms with van der Waals surface area (Å²) >= 11 is 12.8. The first kappa shape index (κ1) is 24.3. The van der Waals surface area contributed by atoms with Gasteiger partial charge in [-0.25, -0.2) is 8.42 Å². The van der Waals surface area contributed by atoms with Crippen molar-refractivity contribution in [1.29, 1.82) is 5.41 Å². The lowest BCUT2D eigenvalue weighted by atomic mass is 10.1. The van der Waals surface area contributed by atoms with E-state index in [1.807, 2.05) is 0 Å². The van der Waals surface area contributed by atoms with Crippen LogP contribution in [-0.2, 0) is 21.2 Å². The van der Waals surface area contributed by atoms with Crippen LogP contribution in [0.4, 0.5) is 0 Å². The van der Waals surface area contributed by atoms with Gasteiger partial charge in [0, 0.05) is 21.9 Å². The Balaban J connectivity index is 1.58. The van der Waals surface area contributed by atoms with Gasteiger partial charge in [0.05, 0.1) is 12.7 Å². The molecular formula is C21H16Cl2N4O5S2. The second-order valence-electron chi connectivity index (χ2n) is 7.09. The van der Waals surface area contributed by atoms with Crippen molar-refractivity contribution in [3.05, 3.63) is 63.1 Å². The molecule has 0 unspecified atom stereocenters. The molecule has 4 rings (SSSR count). The van der Waals surface area contributed by atoms with Gasteiger partial charge in [0.15, 0.2) is 17.3 Å². The number of hydrazone groups is 1. The Bertz CT molecular complexity index is 1420. The molecule has 9 nitrogen and oxygen atoms in total. The molecule has 2 aromatic rings. The molecule has 0 atom stereocenters. The Labute approximate surface area is 209 Å². The van der Waals surface area contributed by atoms with Crippen molar-refractivity contribution in [2.24, 2.45) is 10.1 Å². The lowest BCUT2D eigenvalue weighted by molar-refractivity contribution is -0.114. The van der Waals surface area contributed by atoms with Crippen LogP contribution < -0.4 is 9.47 Å². The fourth-order valence-corrected chi connectivity index (χ4v) is 5.13. The number of thioether (sulfide) groups is 1. The van der Waals surface area contributed by atoms with Crippen molar-refractivity contribution in [2.75, 3.05) is 13.4 Å². The minimum absolute atomic E-state index is 0.0229. The fourth-order valence-electron chi connectivity index (χ4n) is 2.98. The summed E-state index contributed by atoms with van der Waals surface area (Å²) in [5.74, 6) is -0.116. The Kier molecular flexibility index (Phi) is 6.72. The highest BCUT2D eigenvalue weighted by atomic mass is 35.5. The molecule has 13 heteroatoms. The molecule has 0 aromatic heterocycles. The first-order chi connectivity index (χ1) is 16.1. The summed E-state index contributed by atoms with van der Waals surface area (Å²) in [6, 6.07) is 10.1. The summed E-state index contributed by atoms with van der Waals surface area (Å²) in [5, 5.41) is 14.3. The number of halogens is 2. The molecule has 176 valence electrons. The number of methoxy groups -OCH3 is 1. The number of aliphatic imine (C=N–C) groups is 1. The van der Waals surface area contributed by atoms with Gasteiger partial charge in [-0.1, -0.05) is 35.3 Å². The zero-order valence-corrected chi connectivity index (χ0v) is 20.8. The van der Waals surface area contributed by atoms with Crippen LogP contribution in [0.5, 0.6) is 11.5 Å². The number of hydrogen-bond acceptors (Lipinski definition) is 8. The molecule has 0 aliphatic carbocycles. The Morgan fingerprint density at radius 2 is 1.94 bits per heavy atom. The first-order valence-corrected chi connectivity index (χ1v) is 13.0. The lowest BCUT2D eigenvalue weighted by Gasteiger charge is -2.20. The number of nitrogens with zero attached hydrogens (tertiary/aromatic N) is 3. The standard InChI is InChI=1S/C21H16Cl2N4O5S2/c1-31-17-8-11(3-6-16(17)32-10-12-4-5-13(22)9-15(12)23)7-14-18(24)27-20(25-19(14)28)33-21(26-27)34(2,29)30/h3-9,24H,10H2,1-2H3/b14-7+,24-18?. The quantitative estimate of drug-likeness (QED) is 0.566. The summed E-state index contributed by atoms with van der Waals surface area (Å²) in [5.41, 5.74) is 1.23. The number of rotatable bonds is 5. The third-order valence-electron chi connectivity index (χ3n) is 4.65. The molecule has 2 aromatic carbocycles. The minimum Gasteiger partial charge on any atom is -0.493 e. The van der Waals surface area contributed by atoms with Crippen molar-refractivity contribution in [3.63, 3.8) is 0 Å². The number of amidine groups is 2. The van der Waals surface area contributed by atoms with E-state index in [1.165, 1.54) is 13.2 Å². The van der Waals surface area contributed by atoms with Gasteiger partial charge in [-0.15, -0.1) is 5.10 Å². The molecular weight excluding hydrogens is 523 g/mol. The van der Waals surface area contributed by atoms with Crippen LogP contribution >= 0.6 is 35.0 Å². The fraction of sp³-hybridized carbons (Fsp3) is 0.143. The average Bonchev–Trinajstić information content (AvgIpc) is 3.21. The van der Waals surface area contributed by atoms with Gasteiger partial charge in [-0.2, -0.15) is 10.0 Å². The molecule has 0 fully saturated rings. The first-order valence-electron chi connectivity index (χ1n) is 9.52. The number of sulfone groups is 1. The lowest BCUT2D eigenvalue weighted by Crippen LogP contribution is -2.35. The Hall–Kier alpha value is -2.86. The predicted molar refractivity (Wildman–Crippen MR) is 134 cm³/mol. The molecule has 0 bridgehead atoms. The smallest absolute Gasteiger partial charge is 0.283 e. The third-order valence-corrected chi connectivity index (χ3v) is 7.81. The largest absolute Gasteiger partial charge is 0.493 e. The number of ether oxygens (including phenoxy) is 2. The van der Waals surface area contributed by atoms with E-state index in [9.17, 15) is 13.2 Å². The van der Waals surface area contributed by atoms with E-state index in [4.69, 9.17) is 38.1 Å². The highest BCUT2D eigenvalue weighted by Gasteiger charge is 2.38. The van der Waals surface area contributed by atoms with Crippen molar-refractivity contribution < 1.29 is 22.7 Å². The third kappa shape index (κ3) is 4.97. The van der Waals surface area contributed by atoms with Gasteiger partial charge in [0.25, 0.3) is 5.91 Å². The Morgan fingerprint density at radius 1 is 1.18 bits per heavy atom. The van der Waals surface area contributed by atoms with E-state index in [0.717, 1.165) is 28.6 Å². The van der Waals surface area contributed by atoms with Crippen LogP contribution in [0, 0.1) is 5.41 Å². The van der Waals surface area contributed by atoms with Crippen molar-refractivity contribution >= 4 is 72.2 Å². The van der Waals surface area contributed by atoms with Crippen LogP contribution in [0.2, 0.25) is 10.0 Å². The summed E-state index contributed by atoms with van der Waals surface area (Å²) in [6.45, 7) is 0.181. The van der Waals surface area contributed by atoms with Gasteiger partial charge in [0.1, 0.15) is 6.61 Å². The SMILES string of the molecule is COc1cc(/C=C2\C(=N)N3N=C(S(C)(=O)=O)SC3=NC2=O)ccc1OCc1ccc(Cl)cc1Cl. The monoisotopic (exact) mass is 538 g/mol. The topological polar surface area (TPSA) is 121 Å². The maximum absolute atomic E-state index is 12.5. The predicted octanol–water partition coefficient (Wildman–Crippen LogP) is 4.20. The summed E-state index contributed by atoms with van der Waals surface area (Å²) in [4.78, 5) is 16.4. The second-order valence-corrected chi connectivity index (χ2v) is 11.1. The van der Waals surface area contributed by atoms with Crippen molar-refractivity contribution in [2.45, 2.75) is 6.61 Å². The van der Waals surface area contributed by atoms with Crippen LogP contribution in [0.15, 0.2) is 52.1 Å². The van der Waals surface area contributed by atoms with Crippen molar-refractivity contribution in [3.8, 4) is 11.5 Å². The molecule has 0 saturated carbocycles. The zero-order valence-electron chi connectivity index (χ0n) is 17.7. The number of benzene rings is 2. The van der Waals surface area contributed by atoms with Crippen LogP contribution in [0.1, 0.15) is 11.1 Å². The number of hydrogen-bond donors (Lipinski definition) is 1. The maximum atomic E-state index is 12.5. The molecule has 2 aliphatic heterocycles. The van der Waals surface area contributed by atoms with Gasteiger partial charge < -0.3 is 9.47 Å². The highest BCUT2D eigenvalue weighted by Crippen LogP contribution is 2.33. The van der Waals surface area contributed by atoms with Crippen LogP contribution in [0.3, 0.4) is 0 Å². The maximum Gasteiger partial charge on any atom is 0.283 e. The molecule has 0 saturated heterocycles. The van der Waals surface area contributed by atoms with Gasteiger partial charge in [0.2, 0.25) is 19.4 Å². The minimum atomic E-state index is -3.60. The molecule has 0 radical (unpaired) electrons. The summed E-state index contributed by atoms with van der Waals surface area (Å²) < 4.78 is 34.6. The van der Waals surface area contributed by atoms with Gasteiger partial charge >= 0.3 is 0 Å². The van der Waals surface area contributed by atoms with E-state index in [2.05, 4.69) is 10.1 Å². The molecule has 0 spiro atoms. The number of nitrogens with one attached hydrogen (secondary N) is 1. The van der Waals surface area contributed by atoms with E-state index in [0.29, 0.717) is 27.1 Å². The van der Waals surface area contributed by atoms with E-state index in [1.54, 1.807) is 36.4 Å². The Morgan fingerprint density at radius 3 is 2.62 bits per heavy atom. The van der Waals surface area contributed by atoms with Crippen molar-refractivity contribution in [1.82, 2.24) is 5.01 Å². The van der Waals surface area contributed by atoms with E-state index in [-0.39, 0.29) is 27.6 Å². The molecule has 1 N–H and O–H groups in total. The number of carbonyl (C=O) groups is 1.